The van der Waals surface area contributed by atoms with Crippen molar-refractivity contribution in [1.29, 1.82) is 0 Å². The number of nitrogens with two attached hydrogens (primary N) is 3. The van der Waals surface area contributed by atoms with Crippen LogP contribution in [0.5, 0.6) is 0 Å². The van der Waals surface area contributed by atoms with Crippen LogP contribution in [0.1, 0.15) is 52.4 Å². The highest BCUT2D eigenvalue weighted by molar-refractivity contribution is 5.74. The Hall–Kier alpha value is -1.75. The van der Waals surface area contributed by atoms with Crippen LogP contribution in [0.25, 0.3) is 0 Å². The molecule has 1 saturated heterocycles. The highest BCUT2D eigenvalue weighted by Crippen LogP contribution is 2.03. The van der Waals surface area contributed by atoms with Gasteiger partial charge in [-0.2, -0.15) is 0 Å². The molecule has 0 spiro atoms. The summed E-state index contributed by atoms with van der Waals surface area (Å²) >= 11 is 0. The molecule has 1 rings (SSSR count). The van der Waals surface area contributed by atoms with Gasteiger partial charge >= 0.3 is 17.9 Å². The molecule has 3 atom stereocenters. The molecule has 0 unspecified atom stereocenters. The van der Waals surface area contributed by atoms with Crippen LogP contribution in [0.15, 0.2) is 0 Å². The molecular formula is C17H36N4O6. The van der Waals surface area contributed by atoms with Crippen LogP contribution in [-0.2, 0) is 14.4 Å². The monoisotopic (exact) mass is 392 g/mol. The van der Waals surface area contributed by atoms with Crippen LogP contribution >= 0.6 is 0 Å². The summed E-state index contributed by atoms with van der Waals surface area (Å²) in [5.41, 5.74) is 15.6. The minimum atomic E-state index is -0.933. The summed E-state index contributed by atoms with van der Waals surface area (Å²) in [5, 5.41) is 27.8. The number of carbonyl (C=O) groups is 3. The zero-order valence-electron chi connectivity index (χ0n) is 16.3. The third-order valence-electron chi connectivity index (χ3n) is 3.69. The third kappa shape index (κ3) is 17.4. The van der Waals surface area contributed by atoms with Crippen molar-refractivity contribution in [2.75, 3.05) is 13.1 Å². The number of rotatable bonds is 9. The molecule has 1 aliphatic heterocycles. The normalized spacial score (nSPS) is 17.8. The Morgan fingerprint density at radius 1 is 1.04 bits per heavy atom. The molecule has 1 fully saturated rings. The topological polar surface area (TPSA) is 202 Å². The molecule has 1 heterocycles. The Balaban J connectivity index is 0. The van der Waals surface area contributed by atoms with Crippen molar-refractivity contribution in [3.63, 3.8) is 0 Å². The van der Waals surface area contributed by atoms with E-state index in [9.17, 15) is 14.4 Å². The number of hydrogen-bond donors (Lipinski definition) is 7. The van der Waals surface area contributed by atoms with Crippen molar-refractivity contribution < 1.29 is 29.7 Å². The largest absolute Gasteiger partial charge is 0.480 e. The Labute approximate surface area is 160 Å². The maximum absolute atomic E-state index is 10.1. The van der Waals surface area contributed by atoms with Gasteiger partial charge in [-0.25, -0.2) is 0 Å². The zero-order chi connectivity index (χ0) is 21.4. The van der Waals surface area contributed by atoms with Crippen LogP contribution in [0.2, 0.25) is 0 Å². The van der Waals surface area contributed by atoms with Gasteiger partial charge in [-0.3, -0.25) is 14.4 Å². The van der Waals surface area contributed by atoms with E-state index in [2.05, 4.69) is 5.32 Å². The Morgan fingerprint density at radius 2 is 1.59 bits per heavy atom. The fourth-order valence-electron chi connectivity index (χ4n) is 2.14. The second kappa shape index (κ2) is 16.4. The second-order valence-electron chi connectivity index (χ2n) is 6.79. The van der Waals surface area contributed by atoms with E-state index >= 15 is 0 Å². The van der Waals surface area contributed by atoms with Gasteiger partial charge in [-0.05, 0) is 51.1 Å². The minimum absolute atomic E-state index is 0.269. The fourth-order valence-corrected chi connectivity index (χ4v) is 2.14. The smallest absolute Gasteiger partial charge is 0.320 e. The summed E-state index contributed by atoms with van der Waals surface area (Å²) in [4.78, 5) is 30.4. The highest BCUT2D eigenvalue weighted by Gasteiger charge is 2.20. The van der Waals surface area contributed by atoms with Gasteiger partial charge in [0.25, 0.3) is 0 Å². The summed E-state index contributed by atoms with van der Waals surface area (Å²) in [6.07, 6.45) is 4.50. The van der Waals surface area contributed by atoms with Gasteiger partial charge in [0.05, 0.1) is 0 Å². The standard InChI is InChI=1S/C6H14N2O2.C6H13NO2.C5H9NO2/c7-4-2-1-3-5(8)6(9)10;1-4(2)3-5(7)6(8)9;7-5(8)4-2-1-3-6-4/h5H,1-4,7-8H2,(H,9,10);4-5H,3,7H2,1-2H3,(H,8,9);4,6H,1-3H2,(H,7,8)/t2*5-;4-/m000/s1. The first-order valence-electron chi connectivity index (χ1n) is 9.15. The molecule has 160 valence electrons. The first-order chi connectivity index (χ1) is 12.5. The average Bonchev–Trinajstić information content (AvgIpc) is 3.10. The molecule has 0 aliphatic carbocycles. The van der Waals surface area contributed by atoms with Crippen LogP contribution in [0.4, 0.5) is 0 Å². The summed E-state index contributed by atoms with van der Waals surface area (Å²) in [7, 11) is 0. The molecule has 1 aliphatic rings. The second-order valence-corrected chi connectivity index (χ2v) is 6.79. The van der Waals surface area contributed by atoms with Gasteiger partial charge < -0.3 is 37.8 Å². The van der Waals surface area contributed by atoms with E-state index in [1.807, 2.05) is 13.8 Å². The van der Waals surface area contributed by atoms with Crippen molar-refractivity contribution in [3.05, 3.63) is 0 Å². The molecule has 0 bridgehead atoms. The van der Waals surface area contributed by atoms with Crippen molar-refractivity contribution in [1.82, 2.24) is 5.32 Å². The number of carboxylic acids is 3. The molecule has 27 heavy (non-hydrogen) atoms. The molecular weight excluding hydrogens is 356 g/mol. The van der Waals surface area contributed by atoms with Crippen LogP contribution in [0, 0.1) is 5.92 Å². The third-order valence-corrected chi connectivity index (χ3v) is 3.69. The average molecular weight is 392 g/mol. The van der Waals surface area contributed by atoms with E-state index in [-0.39, 0.29) is 6.04 Å². The molecule has 10 nitrogen and oxygen atoms in total. The lowest BCUT2D eigenvalue weighted by Gasteiger charge is -2.07. The predicted octanol–water partition coefficient (Wildman–Crippen LogP) is -0.205. The van der Waals surface area contributed by atoms with Gasteiger partial charge in [0, 0.05) is 0 Å². The van der Waals surface area contributed by atoms with E-state index in [1.165, 1.54) is 0 Å². The van der Waals surface area contributed by atoms with Gasteiger partial charge in [0.2, 0.25) is 0 Å². The first kappa shape index (κ1) is 27.5. The van der Waals surface area contributed by atoms with Crippen LogP contribution in [0.3, 0.4) is 0 Å². The van der Waals surface area contributed by atoms with Gasteiger partial charge in [-0.1, -0.05) is 20.3 Å². The summed E-state index contributed by atoms with van der Waals surface area (Å²) in [6.45, 7) is 5.36. The van der Waals surface area contributed by atoms with E-state index in [0.29, 0.717) is 25.3 Å². The Kier molecular flexibility index (Phi) is 16.7. The van der Waals surface area contributed by atoms with E-state index in [0.717, 1.165) is 32.2 Å². The molecule has 10 N–H and O–H groups in total. The van der Waals surface area contributed by atoms with Crippen molar-refractivity contribution >= 4 is 17.9 Å². The zero-order valence-corrected chi connectivity index (χ0v) is 16.3. The number of hydrogen-bond acceptors (Lipinski definition) is 7. The van der Waals surface area contributed by atoms with Gasteiger partial charge in [-0.15, -0.1) is 0 Å². The molecule has 10 heteroatoms. The van der Waals surface area contributed by atoms with E-state index in [4.69, 9.17) is 32.5 Å². The minimum Gasteiger partial charge on any atom is -0.480 e. The van der Waals surface area contributed by atoms with Crippen molar-refractivity contribution in [2.24, 2.45) is 23.1 Å². The first-order valence-corrected chi connectivity index (χ1v) is 9.15. The van der Waals surface area contributed by atoms with Crippen LogP contribution < -0.4 is 22.5 Å². The van der Waals surface area contributed by atoms with E-state index in [1.54, 1.807) is 0 Å². The molecule has 0 radical (unpaired) electrons. The molecule has 0 aromatic heterocycles. The van der Waals surface area contributed by atoms with E-state index < -0.39 is 30.0 Å². The number of unbranched alkanes of at least 4 members (excludes halogenated alkanes) is 1. The number of aliphatic carboxylic acids is 3. The molecule has 0 aromatic rings. The maximum atomic E-state index is 10.1. The number of carboxylic acid groups (broad SMARTS) is 3. The summed E-state index contributed by atoms with van der Waals surface area (Å²) in [5.74, 6) is -2.21. The molecule has 0 aromatic carbocycles. The molecule has 0 saturated carbocycles. The Bertz CT molecular complexity index is 428. The van der Waals surface area contributed by atoms with Crippen molar-refractivity contribution in [3.8, 4) is 0 Å². The lowest BCUT2D eigenvalue weighted by molar-refractivity contribution is -0.139. The summed E-state index contributed by atoms with van der Waals surface area (Å²) in [6, 6.07) is -1.67. The number of nitrogens with one attached hydrogen (secondary N) is 1. The quantitative estimate of drug-likeness (QED) is 0.257. The maximum Gasteiger partial charge on any atom is 0.320 e. The summed E-state index contributed by atoms with van der Waals surface area (Å²) < 4.78 is 0. The highest BCUT2D eigenvalue weighted by atomic mass is 16.4. The lowest BCUT2D eigenvalue weighted by Crippen LogP contribution is -2.31. The van der Waals surface area contributed by atoms with Gasteiger partial charge in [0.1, 0.15) is 18.1 Å². The van der Waals surface area contributed by atoms with Crippen molar-refractivity contribution in [2.45, 2.75) is 70.5 Å². The van der Waals surface area contributed by atoms with Crippen LogP contribution in [-0.4, -0.2) is 64.4 Å². The Morgan fingerprint density at radius 3 is 1.85 bits per heavy atom. The lowest BCUT2D eigenvalue weighted by atomic mass is 10.1. The fraction of sp³-hybridized carbons (Fsp3) is 0.824. The predicted molar refractivity (Wildman–Crippen MR) is 102 cm³/mol. The molecule has 0 amide bonds. The van der Waals surface area contributed by atoms with Gasteiger partial charge in [0.15, 0.2) is 0 Å². The SMILES string of the molecule is CC(C)C[C@H](N)C(=O)O.NCCCC[C@H](N)C(=O)O.O=C(O)[C@@H]1CCCN1.